The maximum absolute atomic E-state index is 12.1. The topological polar surface area (TPSA) is 46.6 Å². The molecule has 1 saturated heterocycles. The van der Waals surface area contributed by atoms with Crippen LogP contribution in [0.2, 0.25) is 0 Å². The van der Waals surface area contributed by atoms with E-state index in [0.29, 0.717) is 19.6 Å². The minimum absolute atomic E-state index is 0.110. The smallest absolute Gasteiger partial charge is 0.227 e. The minimum Gasteiger partial charge on any atom is -0.494 e. The summed E-state index contributed by atoms with van der Waals surface area (Å²) in [4.78, 5) is 24.9. The fourth-order valence-electron chi connectivity index (χ4n) is 2.32. The van der Waals surface area contributed by atoms with Crippen molar-refractivity contribution >= 4 is 28.5 Å². The van der Waals surface area contributed by atoms with Crippen LogP contribution in [-0.2, 0) is 9.59 Å². The first kappa shape index (κ1) is 15.9. The molecule has 1 unspecified atom stereocenters. The number of benzene rings is 1. The van der Waals surface area contributed by atoms with Crippen LogP contribution >= 0.6 is 11.8 Å². The third-order valence-electron chi connectivity index (χ3n) is 3.35. The molecule has 1 heterocycles. The van der Waals surface area contributed by atoms with Crippen LogP contribution in [0, 0.1) is 5.92 Å². The molecule has 0 saturated carbocycles. The minimum atomic E-state index is 0.110. The molecule has 114 valence electrons. The number of ether oxygens (including phenoxy) is 1. The van der Waals surface area contributed by atoms with Crippen molar-refractivity contribution in [3.8, 4) is 5.75 Å². The fraction of sp³-hybridized carbons (Fsp3) is 0.500. The SMILES string of the molecule is CCCOc1ccc(N2CC(CSC(C)=O)CC2=O)cc1. The largest absolute Gasteiger partial charge is 0.494 e. The van der Waals surface area contributed by atoms with Gasteiger partial charge >= 0.3 is 0 Å². The summed E-state index contributed by atoms with van der Waals surface area (Å²) in [6.45, 7) is 5.02. The van der Waals surface area contributed by atoms with Crippen molar-refractivity contribution in [3.63, 3.8) is 0 Å². The van der Waals surface area contributed by atoms with Gasteiger partial charge in [-0.1, -0.05) is 18.7 Å². The van der Waals surface area contributed by atoms with Crippen LogP contribution in [0.4, 0.5) is 5.69 Å². The molecule has 1 aliphatic rings. The summed E-state index contributed by atoms with van der Waals surface area (Å²) in [6, 6.07) is 7.64. The Hall–Kier alpha value is -1.49. The van der Waals surface area contributed by atoms with Gasteiger partial charge < -0.3 is 9.64 Å². The second-order valence-corrected chi connectivity index (χ2v) is 6.42. The number of anilines is 1. The predicted molar refractivity (Wildman–Crippen MR) is 85.8 cm³/mol. The van der Waals surface area contributed by atoms with E-state index in [9.17, 15) is 9.59 Å². The van der Waals surface area contributed by atoms with Gasteiger partial charge in [-0.2, -0.15) is 0 Å². The Bertz CT molecular complexity index is 501. The van der Waals surface area contributed by atoms with Crippen LogP contribution in [0.1, 0.15) is 26.7 Å². The van der Waals surface area contributed by atoms with Gasteiger partial charge in [-0.15, -0.1) is 0 Å². The third-order valence-corrected chi connectivity index (χ3v) is 4.39. The highest BCUT2D eigenvalue weighted by Gasteiger charge is 2.30. The molecule has 2 rings (SSSR count). The maximum Gasteiger partial charge on any atom is 0.227 e. The molecule has 1 aromatic rings. The maximum atomic E-state index is 12.1. The molecular weight excluding hydrogens is 286 g/mol. The standard InChI is InChI=1S/C16H21NO3S/c1-3-8-20-15-6-4-14(5-7-15)17-10-13(9-16(17)19)11-21-12(2)18/h4-7,13H,3,8-11H2,1-2H3. The Balaban J connectivity index is 1.95. The summed E-state index contributed by atoms with van der Waals surface area (Å²) >= 11 is 1.30. The first-order valence-electron chi connectivity index (χ1n) is 7.26. The molecule has 1 aromatic carbocycles. The van der Waals surface area contributed by atoms with Gasteiger partial charge in [0.15, 0.2) is 5.12 Å². The number of nitrogens with zero attached hydrogens (tertiary/aromatic N) is 1. The van der Waals surface area contributed by atoms with Crippen molar-refractivity contribution in [2.75, 3.05) is 23.8 Å². The van der Waals surface area contributed by atoms with Crippen LogP contribution in [-0.4, -0.2) is 29.9 Å². The quantitative estimate of drug-likeness (QED) is 0.810. The molecule has 5 heteroatoms. The zero-order valence-electron chi connectivity index (χ0n) is 12.5. The van der Waals surface area contributed by atoms with E-state index in [1.54, 1.807) is 11.8 Å². The highest BCUT2D eigenvalue weighted by atomic mass is 32.2. The third kappa shape index (κ3) is 4.49. The van der Waals surface area contributed by atoms with Crippen molar-refractivity contribution in [3.05, 3.63) is 24.3 Å². The lowest BCUT2D eigenvalue weighted by molar-refractivity contribution is -0.117. The van der Waals surface area contributed by atoms with E-state index in [-0.39, 0.29) is 16.9 Å². The van der Waals surface area contributed by atoms with Crippen molar-refractivity contribution in [2.24, 2.45) is 5.92 Å². The molecule has 0 aromatic heterocycles. The highest BCUT2D eigenvalue weighted by molar-refractivity contribution is 8.13. The predicted octanol–water partition coefficient (Wildman–Crippen LogP) is 3.11. The molecule has 1 fully saturated rings. The van der Waals surface area contributed by atoms with Gasteiger partial charge in [-0.05, 0) is 36.6 Å². The summed E-state index contributed by atoms with van der Waals surface area (Å²) in [5.74, 6) is 1.93. The number of rotatable bonds is 6. The Kier molecular flexibility index (Phi) is 5.67. The van der Waals surface area contributed by atoms with Crippen LogP contribution in [0.3, 0.4) is 0 Å². The number of carbonyl (C=O) groups is 2. The van der Waals surface area contributed by atoms with E-state index in [1.165, 1.54) is 11.8 Å². The summed E-state index contributed by atoms with van der Waals surface area (Å²) in [7, 11) is 0. The van der Waals surface area contributed by atoms with Gasteiger partial charge in [0.05, 0.1) is 6.61 Å². The number of hydrogen-bond donors (Lipinski definition) is 0. The van der Waals surface area contributed by atoms with E-state index >= 15 is 0 Å². The van der Waals surface area contributed by atoms with Gasteiger partial charge in [0, 0.05) is 31.3 Å². The summed E-state index contributed by atoms with van der Waals surface area (Å²) in [5.41, 5.74) is 0.902. The van der Waals surface area contributed by atoms with Crippen LogP contribution in [0.25, 0.3) is 0 Å². The second-order valence-electron chi connectivity index (χ2n) is 5.22. The van der Waals surface area contributed by atoms with Gasteiger partial charge in [0.1, 0.15) is 5.75 Å². The second kappa shape index (κ2) is 7.50. The van der Waals surface area contributed by atoms with E-state index in [2.05, 4.69) is 6.92 Å². The molecule has 1 atom stereocenters. The van der Waals surface area contributed by atoms with E-state index in [4.69, 9.17) is 4.74 Å². The first-order chi connectivity index (χ1) is 10.1. The van der Waals surface area contributed by atoms with Gasteiger partial charge in [-0.3, -0.25) is 9.59 Å². The normalized spacial score (nSPS) is 18.1. The molecule has 0 N–H and O–H groups in total. The lowest BCUT2D eigenvalue weighted by Gasteiger charge is -2.17. The molecule has 21 heavy (non-hydrogen) atoms. The van der Waals surface area contributed by atoms with Crippen molar-refractivity contribution in [1.82, 2.24) is 0 Å². The number of thioether (sulfide) groups is 1. The van der Waals surface area contributed by atoms with Crippen LogP contribution in [0.5, 0.6) is 5.75 Å². The lowest BCUT2D eigenvalue weighted by atomic mass is 10.1. The molecule has 1 aliphatic heterocycles. The zero-order valence-corrected chi connectivity index (χ0v) is 13.3. The molecule has 0 spiro atoms. The number of amides is 1. The lowest BCUT2D eigenvalue weighted by Crippen LogP contribution is -2.24. The zero-order chi connectivity index (χ0) is 15.2. The van der Waals surface area contributed by atoms with E-state index < -0.39 is 0 Å². The molecule has 4 nitrogen and oxygen atoms in total. The molecule has 0 radical (unpaired) electrons. The van der Waals surface area contributed by atoms with Crippen molar-refractivity contribution in [1.29, 1.82) is 0 Å². The Morgan fingerprint density at radius 1 is 1.38 bits per heavy atom. The Labute approximate surface area is 129 Å². The number of carbonyl (C=O) groups excluding carboxylic acids is 2. The van der Waals surface area contributed by atoms with Gasteiger partial charge in [-0.25, -0.2) is 0 Å². The van der Waals surface area contributed by atoms with Crippen molar-refractivity contribution < 1.29 is 14.3 Å². The van der Waals surface area contributed by atoms with Gasteiger partial charge in [0.2, 0.25) is 5.91 Å². The molecular formula is C16H21NO3S. The van der Waals surface area contributed by atoms with Crippen molar-refractivity contribution in [2.45, 2.75) is 26.7 Å². The van der Waals surface area contributed by atoms with Crippen LogP contribution in [0.15, 0.2) is 24.3 Å². The summed E-state index contributed by atoms with van der Waals surface area (Å²) in [5, 5.41) is 0.110. The summed E-state index contributed by atoms with van der Waals surface area (Å²) < 4.78 is 5.54. The van der Waals surface area contributed by atoms with E-state index in [0.717, 1.165) is 23.6 Å². The summed E-state index contributed by atoms with van der Waals surface area (Å²) in [6.07, 6.45) is 1.50. The Morgan fingerprint density at radius 2 is 2.10 bits per heavy atom. The molecule has 1 amide bonds. The fourth-order valence-corrected chi connectivity index (χ4v) is 3.01. The monoisotopic (exact) mass is 307 g/mol. The van der Waals surface area contributed by atoms with Gasteiger partial charge in [0.25, 0.3) is 0 Å². The highest BCUT2D eigenvalue weighted by Crippen LogP contribution is 2.28. The molecule has 0 bridgehead atoms. The van der Waals surface area contributed by atoms with E-state index in [1.807, 2.05) is 24.3 Å². The average Bonchev–Trinajstić information content (AvgIpc) is 2.84. The number of hydrogen-bond acceptors (Lipinski definition) is 4. The average molecular weight is 307 g/mol. The Morgan fingerprint density at radius 3 is 2.71 bits per heavy atom. The van der Waals surface area contributed by atoms with Crippen LogP contribution < -0.4 is 9.64 Å². The first-order valence-corrected chi connectivity index (χ1v) is 8.25. The molecule has 0 aliphatic carbocycles.